The number of hydrogen-bond acceptors (Lipinski definition) is 2. The van der Waals surface area contributed by atoms with Crippen molar-refractivity contribution < 1.29 is 9.18 Å². The molecule has 3 rings (SSSR count). The van der Waals surface area contributed by atoms with E-state index in [1.54, 1.807) is 12.1 Å². The number of carbonyl (C=O) groups excluding carboxylic acids is 1. The van der Waals surface area contributed by atoms with E-state index in [1.807, 2.05) is 47.2 Å². The molecule has 0 aliphatic heterocycles. The maximum Gasteiger partial charge on any atom is 0.242 e. The highest BCUT2D eigenvalue weighted by Gasteiger charge is 2.27. The molecule has 0 aromatic heterocycles. The van der Waals surface area contributed by atoms with Crippen LogP contribution in [0.5, 0.6) is 0 Å². The number of nitrogens with zero attached hydrogens (tertiary/aromatic N) is 2. The van der Waals surface area contributed by atoms with E-state index >= 15 is 0 Å². The maximum atomic E-state index is 13.1. The Hall–Kier alpha value is -2.36. The summed E-state index contributed by atoms with van der Waals surface area (Å²) in [6, 6.07) is 16.3. The molecule has 4 heteroatoms. The predicted molar refractivity (Wildman–Crippen MR) is 94.3 cm³/mol. The number of para-hydroxylation sites is 1. The van der Waals surface area contributed by atoms with Crippen LogP contribution in [-0.4, -0.2) is 30.9 Å². The van der Waals surface area contributed by atoms with Gasteiger partial charge in [-0.2, -0.15) is 0 Å². The predicted octanol–water partition coefficient (Wildman–Crippen LogP) is 3.70. The first-order valence-electron chi connectivity index (χ1n) is 8.40. The van der Waals surface area contributed by atoms with Gasteiger partial charge in [0.2, 0.25) is 5.91 Å². The Morgan fingerprint density at radius 1 is 1.08 bits per heavy atom. The maximum absolute atomic E-state index is 13.1. The van der Waals surface area contributed by atoms with Gasteiger partial charge in [-0.25, -0.2) is 4.39 Å². The first-order valence-corrected chi connectivity index (χ1v) is 8.40. The van der Waals surface area contributed by atoms with Gasteiger partial charge in [0, 0.05) is 25.8 Å². The van der Waals surface area contributed by atoms with E-state index in [1.165, 1.54) is 25.0 Å². The van der Waals surface area contributed by atoms with Crippen LogP contribution in [0.4, 0.5) is 10.1 Å². The topological polar surface area (TPSA) is 23.6 Å². The standard InChI is InChI=1S/C20H23FN2O/c1-22(19-5-3-2-4-6-19)15-20(24)23(13-16-7-8-16)14-17-9-11-18(21)12-10-17/h2-6,9-12,16H,7-8,13-15H2,1H3. The number of carbonyl (C=O) groups is 1. The van der Waals surface area contributed by atoms with Crippen molar-refractivity contribution in [2.24, 2.45) is 5.92 Å². The SMILES string of the molecule is CN(CC(=O)N(Cc1ccc(F)cc1)CC1CC1)c1ccccc1. The van der Waals surface area contributed by atoms with Crippen LogP contribution in [0.1, 0.15) is 18.4 Å². The molecular formula is C20H23FN2O. The van der Waals surface area contributed by atoms with Crippen molar-refractivity contribution in [2.75, 3.05) is 25.0 Å². The van der Waals surface area contributed by atoms with Crippen LogP contribution >= 0.6 is 0 Å². The number of likely N-dealkylation sites (N-methyl/N-ethyl adjacent to an activating group) is 1. The van der Waals surface area contributed by atoms with Crippen molar-refractivity contribution in [3.8, 4) is 0 Å². The van der Waals surface area contributed by atoms with E-state index < -0.39 is 0 Å². The second-order valence-corrected chi connectivity index (χ2v) is 6.54. The summed E-state index contributed by atoms with van der Waals surface area (Å²) in [7, 11) is 1.93. The summed E-state index contributed by atoms with van der Waals surface area (Å²) in [6.45, 7) is 1.68. The average Bonchev–Trinajstić information content (AvgIpc) is 3.41. The Bertz CT molecular complexity index is 668. The molecule has 126 valence electrons. The molecule has 1 aliphatic rings. The first-order chi connectivity index (χ1) is 11.6. The first kappa shape index (κ1) is 16.5. The molecule has 2 aromatic rings. The molecule has 3 nitrogen and oxygen atoms in total. The molecule has 1 aliphatic carbocycles. The van der Waals surface area contributed by atoms with Crippen molar-refractivity contribution >= 4 is 11.6 Å². The van der Waals surface area contributed by atoms with E-state index in [4.69, 9.17) is 0 Å². The Morgan fingerprint density at radius 3 is 2.38 bits per heavy atom. The molecule has 0 bridgehead atoms. The highest BCUT2D eigenvalue weighted by Crippen LogP contribution is 2.30. The van der Waals surface area contributed by atoms with Crippen LogP contribution in [0.15, 0.2) is 54.6 Å². The third kappa shape index (κ3) is 4.57. The minimum Gasteiger partial charge on any atom is -0.365 e. The molecule has 24 heavy (non-hydrogen) atoms. The summed E-state index contributed by atoms with van der Waals surface area (Å²) in [5, 5.41) is 0. The quantitative estimate of drug-likeness (QED) is 0.774. The second-order valence-electron chi connectivity index (χ2n) is 6.54. The monoisotopic (exact) mass is 326 g/mol. The third-order valence-corrected chi connectivity index (χ3v) is 4.38. The van der Waals surface area contributed by atoms with Crippen LogP contribution in [0.25, 0.3) is 0 Å². The van der Waals surface area contributed by atoms with Gasteiger partial charge < -0.3 is 9.80 Å². The average molecular weight is 326 g/mol. The number of amides is 1. The fraction of sp³-hybridized carbons (Fsp3) is 0.350. The number of anilines is 1. The second kappa shape index (κ2) is 7.47. The Morgan fingerprint density at radius 2 is 1.75 bits per heavy atom. The van der Waals surface area contributed by atoms with Gasteiger partial charge in [0.15, 0.2) is 0 Å². The van der Waals surface area contributed by atoms with Crippen molar-refractivity contribution in [1.82, 2.24) is 4.90 Å². The molecule has 0 spiro atoms. The van der Waals surface area contributed by atoms with Crippen LogP contribution in [-0.2, 0) is 11.3 Å². The van der Waals surface area contributed by atoms with Gasteiger partial charge in [-0.15, -0.1) is 0 Å². The van der Waals surface area contributed by atoms with E-state index in [-0.39, 0.29) is 11.7 Å². The Labute approximate surface area is 142 Å². The summed E-state index contributed by atoms with van der Waals surface area (Å²) in [5.74, 6) is 0.483. The van der Waals surface area contributed by atoms with Gasteiger partial charge in [-0.1, -0.05) is 30.3 Å². The molecule has 0 N–H and O–H groups in total. The highest BCUT2D eigenvalue weighted by molar-refractivity contribution is 5.81. The molecule has 1 amide bonds. The van der Waals surface area contributed by atoms with E-state index in [0.717, 1.165) is 17.8 Å². The van der Waals surface area contributed by atoms with Gasteiger partial charge in [0.1, 0.15) is 5.82 Å². The lowest BCUT2D eigenvalue weighted by Crippen LogP contribution is -2.39. The van der Waals surface area contributed by atoms with Crippen molar-refractivity contribution in [2.45, 2.75) is 19.4 Å². The normalized spacial score (nSPS) is 13.6. The summed E-state index contributed by atoms with van der Waals surface area (Å²) in [4.78, 5) is 16.6. The summed E-state index contributed by atoms with van der Waals surface area (Å²) < 4.78 is 13.1. The third-order valence-electron chi connectivity index (χ3n) is 4.38. The fourth-order valence-corrected chi connectivity index (χ4v) is 2.75. The minimum absolute atomic E-state index is 0.109. The largest absolute Gasteiger partial charge is 0.365 e. The zero-order chi connectivity index (χ0) is 16.9. The molecule has 0 heterocycles. The highest BCUT2D eigenvalue weighted by atomic mass is 19.1. The molecule has 0 saturated heterocycles. The number of hydrogen-bond donors (Lipinski definition) is 0. The molecule has 0 radical (unpaired) electrons. The summed E-state index contributed by atoms with van der Waals surface area (Å²) in [6.07, 6.45) is 2.39. The van der Waals surface area contributed by atoms with Crippen LogP contribution in [0.2, 0.25) is 0 Å². The molecule has 1 fully saturated rings. The molecule has 0 unspecified atom stereocenters. The van der Waals surface area contributed by atoms with Gasteiger partial charge in [0.25, 0.3) is 0 Å². The van der Waals surface area contributed by atoms with Crippen LogP contribution in [0.3, 0.4) is 0 Å². The van der Waals surface area contributed by atoms with Gasteiger partial charge in [-0.05, 0) is 48.6 Å². The lowest BCUT2D eigenvalue weighted by molar-refractivity contribution is -0.130. The molecule has 0 atom stereocenters. The smallest absolute Gasteiger partial charge is 0.242 e. The minimum atomic E-state index is -0.248. The molecule has 1 saturated carbocycles. The van der Waals surface area contributed by atoms with Crippen LogP contribution in [0, 0.1) is 11.7 Å². The Balaban J connectivity index is 1.65. The lowest BCUT2D eigenvalue weighted by Gasteiger charge is -2.26. The van der Waals surface area contributed by atoms with E-state index in [9.17, 15) is 9.18 Å². The van der Waals surface area contributed by atoms with Crippen LogP contribution < -0.4 is 4.90 Å². The zero-order valence-corrected chi connectivity index (χ0v) is 14.0. The lowest BCUT2D eigenvalue weighted by atomic mass is 10.2. The fourth-order valence-electron chi connectivity index (χ4n) is 2.75. The summed E-state index contributed by atoms with van der Waals surface area (Å²) >= 11 is 0. The summed E-state index contributed by atoms with van der Waals surface area (Å²) in [5.41, 5.74) is 1.99. The number of benzene rings is 2. The van der Waals surface area contributed by atoms with Crippen molar-refractivity contribution in [1.29, 1.82) is 0 Å². The van der Waals surface area contributed by atoms with Crippen molar-refractivity contribution in [3.63, 3.8) is 0 Å². The van der Waals surface area contributed by atoms with E-state index in [0.29, 0.717) is 19.0 Å². The molecule has 2 aromatic carbocycles. The van der Waals surface area contributed by atoms with Gasteiger partial charge in [0.05, 0.1) is 6.54 Å². The van der Waals surface area contributed by atoms with Crippen molar-refractivity contribution in [3.05, 3.63) is 66.0 Å². The number of rotatable bonds is 7. The Kier molecular flexibility index (Phi) is 5.14. The zero-order valence-electron chi connectivity index (χ0n) is 14.0. The van der Waals surface area contributed by atoms with E-state index in [2.05, 4.69) is 0 Å². The number of halogens is 1. The molecular weight excluding hydrogens is 303 g/mol. The van der Waals surface area contributed by atoms with Gasteiger partial charge in [-0.3, -0.25) is 4.79 Å². The van der Waals surface area contributed by atoms with Gasteiger partial charge >= 0.3 is 0 Å².